The second-order valence-electron chi connectivity index (χ2n) is 4.38. The van der Waals surface area contributed by atoms with Gasteiger partial charge in [0, 0.05) is 23.2 Å². The van der Waals surface area contributed by atoms with Gasteiger partial charge in [0.05, 0.1) is 6.61 Å². The van der Waals surface area contributed by atoms with E-state index in [1.807, 2.05) is 12.1 Å². The van der Waals surface area contributed by atoms with Crippen molar-refractivity contribution < 1.29 is 9.53 Å². The zero-order chi connectivity index (χ0) is 12.5. The van der Waals surface area contributed by atoms with Crippen LogP contribution >= 0.6 is 0 Å². The molecule has 0 amide bonds. The van der Waals surface area contributed by atoms with Crippen LogP contribution in [0.1, 0.15) is 21.5 Å². The molecule has 2 aromatic carbocycles. The molecule has 2 aromatic rings. The Morgan fingerprint density at radius 3 is 2.78 bits per heavy atom. The number of hydrogen-bond acceptors (Lipinski definition) is 3. The Labute approximate surface area is 105 Å². The number of anilines is 1. The highest BCUT2D eigenvalue weighted by Crippen LogP contribution is 2.26. The number of hydrogen-bond donors (Lipinski definition) is 1. The number of ether oxygens (including phenoxy) is 1. The monoisotopic (exact) mass is 239 g/mol. The van der Waals surface area contributed by atoms with Crippen molar-refractivity contribution >= 4 is 11.5 Å². The van der Waals surface area contributed by atoms with E-state index in [-0.39, 0.29) is 5.78 Å². The van der Waals surface area contributed by atoms with Crippen molar-refractivity contribution in [3.8, 4) is 5.75 Å². The first-order valence-electron chi connectivity index (χ1n) is 5.90. The Morgan fingerprint density at radius 2 is 1.94 bits per heavy atom. The molecule has 0 saturated heterocycles. The molecule has 0 atom stereocenters. The van der Waals surface area contributed by atoms with Crippen LogP contribution in [0.25, 0.3) is 0 Å². The quantitative estimate of drug-likeness (QED) is 0.647. The van der Waals surface area contributed by atoms with Gasteiger partial charge in [-0.15, -0.1) is 0 Å². The van der Waals surface area contributed by atoms with Crippen molar-refractivity contribution in [2.45, 2.75) is 6.42 Å². The lowest BCUT2D eigenvalue weighted by Gasteiger charge is -2.04. The smallest absolute Gasteiger partial charge is 0.193 e. The van der Waals surface area contributed by atoms with Gasteiger partial charge in [-0.05, 0) is 35.9 Å². The predicted octanol–water partition coefficient (Wildman–Crippen LogP) is 2.43. The number of nitrogens with two attached hydrogens (primary N) is 1. The molecule has 1 aliphatic heterocycles. The Morgan fingerprint density at radius 1 is 1.11 bits per heavy atom. The Kier molecular flexibility index (Phi) is 2.52. The van der Waals surface area contributed by atoms with E-state index in [4.69, 9.17) is 10.5 Å². The minimum Gasteiger partial charge on any atom is -0.493 e. The third kappa shape index (κ3) is 1.84. The minimum atomic E-state index is -0.00278. The molecule has 1 heterocycles. The average Bonchev–Trinajstić information content (AvgIpc) is 2.85. The number of fused-ring (bicyclic) bond motifs is 1. The van der Waals surface area contributed by atoms with E-state index < -0.39 is 0 Å². The van der Waals surface area contributed by atoms with Crippen LogP contribution in [0.5, 0.6) is 5.75 Å². The maximum atomic E-state index is 12.3. The van der Waals surface area contributed by atoms with Crippen molar-refractivity contribution in [1.29, 1.82) is 0 Å². The van der Waals surface area contributed by atoms with E-state index in [9.17, 15) is 4.79 Å². The molecule has 90 valence electrons. The largest absolute Gasteiger partial charge is 0.493 e. The molecule has 1 aliphatic rings. The van der Waals surface area contributed by atoms with E-state index in [1.54, 1.807) is 30.3 Å². The van der Waals surface area contributed by atoms with Crippen LogP contribution in [0, 0.1) is 0 Å². The van der Waals surface area contributed by atoms with Crippen LogP contribution in [0.3, 0.4) is 0 Å². The van der Waals surface area contributed by atoms with Crippen molar-refractivity contribution in [3.05, 3.63) is 59.2 Å². The Balaban J connectivity index is 1.98. The summed E-state index contributed by atoms with van der Waals surface area (Å²) in [7, 11) is 0. The summed E-state index contributed by atoms with van der Waals surface area (Å²) in [5.74, 6) is 0.885. The molecule has 0 saturated carbocycles. The minimum absolute atomic E-state index is 0.00278. The fourth-order valence-corrected chi connectivity index (χ4v) is 2.17. The SMILES string of the molecule is Nc1cccc(C(=O)c2ccc3c(c2)CCO3)c1. The molecule has 3 nitrogen and oxygen atoms in total. The molecule has 18 heavy (non-hydrogen) atoms. The fourth-order valence-electron chi connectivity index (χ4n) is 2.17. The fraction of sp³-hybridized carbons (Fsp3) is 0.133. The number of nitrogen functional groups attached to an aromatic ring is 1. The molecule has 3 rings (SSSR count). The number of ketones is 1. The van der Waals surface area contributed by atoms with Crippen LogP contribution in [0.2, 0.25) is 0 Å². The molecule has 3 heteroatoms. The highest BCUT2D eigenvalue weighted by molar-refractivity contribution is 6.09. The summed E-state index contributed by atoms with van der Waals surface area (Å²) >= 11 is 0. The number of rotatable bonds is 2. The van der Waals surface area contributed by atoms with Crippen molar-refractivity contribution in [1.82, 2.24) is 0 Å². The van der Waals surface area contributed by atoms with E-state index in [1.165, 1.54) is 0 Å². The lowest BCUT2D eigenvalue weighted by Crippen LogP contribution is -2.02. The summed E-state index contributed by atoms with van der Waals surface area (Å²) in [4.78, 5) is 12.3. The van der Waals surface area contributed by atoms with E-state index >= 15 is 0 Å². The maximum Gasteiger partial charge on any atom is 0.193 e. The summed E-state index contributed by atoms with van der Waals surface area (Å²) in [5, 5.41) is 0. The first-order chi connectivity index (χ1) is 8.74. The van der Waals surface area contributed by atoms with Gasteiger partial charge in [0.15, 0.2) is 5.78 Å². The highest BCUT2D eigenvalue weighted by atomic mass is 16.5. The van der Waals surface area contributed by atoms with Gasteiger partial charge >= 0.3 is 0 Å². The Hall–Kier alpha value is -2.29. The Bertz CT molecular complexity index is 620. The summed E-state index contributed by atoms with van der Waals surface area (Å²) in [6.45, 7) is 0.700. The van der Waals surface area contributed by atoms with Crippen molar-refractivity contribution in [2.75, 3.05) is 12.3 Å². The maximum absolute atomic E-state index is 12.3. The van der Waals surface area contributed by atoms with Crippen molar-refractivity contribution in [2.24, 2.45) is 0 Å². The normalized spacial score (nSPS) is 12.9. The first-order valence-corrected chi connectivity index (χ1v) is 5.90. The first kappa shape index (κ1) is 10.8. The van der Waals surface area contributed by atoms with Gasteiger partial charge in [-0.25, -0.2) is 0 Å². The van der Waals surface area contributed by atoms with E-state index in [0.29, 0.717) is 23.4 Å². The van der Waals surface area contributed by atoms with Gasteiger partial charge in [0.1, 0.15) is 5.75 Å². The zero-order valence-corrected chi connectivity index (χ0v) is 9.85. The molecule has 0 aliphatic carbocycles. The van der Waals surface area contributed by atoms with Gasteiger partial charge in [-0.1, -0.05) is 12.1 Å². The molecular formula is C15H13NO2. The molecule has 0 spiro atoms. The summed E-state index contributed by atoms with van der Waals surface area (Å²) < 4.78 is 5.43. The molecule has 0 fully saturated rings. The van der Waals surface area contributed by atoms with Gasteiger partial charge in [0.2, 0.25) is 0 Å². The topological polar surface area (TPSA) is 52.3 Å². The molecule has 0 aromatic heterocycles. The van der Waals surface area contributed by atoms with Crippen LogP contribution in [0.15, 0.2) is 42.5 Å². The second-order valence-corrected chi connectivity index (χ2v) is 4.38. The van der Waals surface area contributed by atoms with Crippen molar-refractivity contribution in [3.63, 3.8) is 0 Å². The summed E-state index contributed by atoms with van der Waals surface area (Å²) in [6.07, 6.45) is 0.868. The average molecular weight is 239 g/mol. The van der Waals surface area contributed by atoms with Crippen LogP contribution in [-0.2, 0) is 6.42 Å². The van der Waals surface area contributed by atoms with Crippen LogP contribution < -0.4 is 10.5 Å². The second kappa shape index (κ2) is 4.18. The van der Waals surface area contributed by atoms with Gasteiger partial charge in [-0.3, -0.25) is 4.79 Å². The molecule has 0 bridgehead atoms. The van der Waals surface area contributed by atoms with E-state index in [0.717, 1.165) is 17.7 Å². The van der Waals surface area contributed by atoms with Crippen LogP contribution in [0.4, 0.5) is 5.69 Å². The van der Waals surface area contributed by atoms with Crippen LogP contribution in [-0.4, -0.2) is 12.4 Å². The highest BCUT2D eigenvalue weighted by Gasteiger charge is 2.16. The lowest BCUT2D eigenvalue weighted by atomic mass is 10.00. The van der Waals surface area contributed by atoms with Gasteiger partial charge < -0.3 is 10.5 Å². The van der Waals surface area contributed by atoms with Gasteiger partial charge in [0.25, 0.3) is 0 Å². The predicted molar refractivity (Wildman–Crippen MR) is 69.9 cm³/mol. The third-order valence-corrected chi connectivity index (χ3v) is 3.10. The number of benzene rings is 2. The molecule has 0 unspecified atom stereocenters. The van der Waals surface area contributed by atoms with Gasteiger partial charge in [-0.2, -0.15) is 0 Å². The summed E-state index contributed by atoms with van der Waals surface area (Å²) in [5.41, 5.74) is 8.70. The number of carbonyl (C=O) groups excluding carboxylic acids is 1. The molecule has 2 N–H and O–H groups in total. The third-order valence-electron chi connectivity index (χ3n) is 3.10. The number of carbonyl (C=O) groups is 1. The molecular weight excluding hydrogens is 226 g/mol. The zero-order valence-electron chi connectivity index (χ0n) is 9.85. The summed E-state index contributed by atoms with van der Waals surface area (Å²) in [6, 6.07) is 12.6. The standard InChI is InChI=1S/C15H13NO2/c16-13-3-1-2-11(9-13)15(17)12-4-5-14-10(8-12)6-7-18-14/h1-5,8-9H,6-7,16H2. The lowest BCUT2D eigenvalue weighted by molar-refractivity contribution is 0.103. The van der Waals surface area contributed by atoms with E-state index in [2.05, 4.69) is 0 Å². The molecule has 0 radical (unpaired) electrons.